The molecule has 12 heteroatoms. The Balaban J connectivity index is 1.56. The van der Waals surface area contributed by atoms with Crippen molar-refractivity contribution in [3.05, 3.63) is 59.7 Å². The third-order valence-electron chi connectivity index (χ3n) is 7.23. The molecule has 44 heavy (non-hydrogen) atoms. The maximum absolute atomic E-state index is 13.2. The first kappa shape index (κ1) is 34.0. The van der Waals surface area contributed by atoms with Crippen molar-refractivity contribution in [2.75, 3.05) is 19.8 Å². The molecule has 2 aromatic rings. The Morgan fingerprint density at radius 2 is 1.23 bits per heavy atom. The van der Waals surface area contributed by atoms with Crippen LogP contribution < -0.4 is 21.3 Å². The number of aliphatic hydroxyl groups is 1. The lowest BCUT2D eigenvalue weighted by molar-refractivity contribution is -0.143. The number of alkyl carbamates (subject to hydrolysis) is 1. The molecule has 0 bridgehead atoms. The van der Waals surface area contributed by atoms with E-state index in [1.807, 2.05) is 76.2 Å². The summed E-state index contributed by atoms with van der Waals surface area (Å²) in [5.74, 6) is -3.63. The molecule has 6 N–H and O–H groups in total. The predicted octanol–water partition coefficient (Wildman–Crippen LogP) is 2.15. The van der Waals surface area contributed by atoms with Gasteiger partial charge in [0.2, 0.25) is 17.7 Å². The summed E-state index contributed by atoms with van der Waals surface area (Å²) in [6.45, 7) is 6.21. The van der Waals surface area contributed by atoms with Crippen LogP contribution in [-0.4, -0.2) is 77.9 Å². The number of benzene rings is 2. The van der Waals surface area contributed by atoms with Gasteiger partial charge in [0.25, 0.3) is 0 Å². The van der Waals surface area contributed by atoms with E-state index in [2.05, 4.69) is 21.3 Å². The van der Waals surface area contributed by atoms with Crippen LogP contribution in [0.1, 0.15) is 57.6 Å². The number of carboxylic acids is 1. The van der Waals surface area contributed by atoms with Crippen LogP contribution in [0.4, 0.5) is 4.79 Å². The molecule has 0 aromatic heterocycles. The second kappa shape index (κ2) is 15.9. The molecule has 12 nitrogen and oxygen atoms in total. The molecular weight excluding hydrogens is 568 g/mol. The van der Waals surface area contributed by atoms with Crippen molar-refractivity contribution in [3.8, 4) is 11.1 Å². The molecule has 1 aliphatic carbocycles. The fraction of sp³-hybridized carbons (Fsp3) is 0.469. The maximum atomic E-state index is 13.2. The van der Waals surface area contributed by atoms with Crippen LogP contribution in [0.15, 0.2) is 48.5 Å². The van der Waals surface area contributed by atoms with Gasteiger partial charge in [-0.1, -0.05) is 76.2 Å². The van der Waals surface area contributed by atoms with Gasteiger partial charge in [0, 0.05) is 5.92 Å². The first-order valence-electron chi connectivity index (χ1n) is 14.7. The Kier molecular flexibility index (Phi) is 12.3. The van der Waals surface area contributed by atoms with E-state index in [0.717, 1.165) is 22.3 Å². The standard InChI is InChI=1S/C32H42N4O8/c1-18(2)13-25(29(39)35-26(14-19(3)4)30(40)36-27(16-37)31(41)42)34-28(38)15-33-32(43)44-17-24-22-11-7-5-9-20(22)21-10-6-8-12-23(21)24/h5-12,18-19,24-27,37H,13-17H2,1-4H3,(H,33,43)(H,34,38)(H,35,39)(H,36,40)(H,41,42)/t25-,26-,27-/m0/s1. The van der Waals surface area contributed by atoms with Crippen molar-refractivity contribution in [1.82, 2.24) is 21.3 Å². The van der Waals surface area contributed by atoms with E-state index >= 15 is 0 Å². The Hall–Kier alpha value is -4.45. The van der Waals surface area contributed by atoms with Crippen LogP contribution in [0.25, 0.3) is 11.1 Å². The van der Waals surface area contributed by atoms with E-state index in [1.54, 1.807) is 0 Å². The number of fused-ring (bicyclic) bond motifs is 3. The van der Waals surface area contributed by atoms with E-state index in [1.165, 1.54) is 0 Å². The van der Waals surface area contributed by atoms with Crippen LogP contribution >= 0.6 is 0 Å². The first-order chi connectivity index (χ1) is 20.9. The lowest BCUT2D eigenvalue weighted by Crippen LogP contribution is -2.57. The van der Waals surface area contributed by atoms with Gasteiger partial charge in [-0.3, -0.25) is 14.4 Å². The molecule has 0 saturated carbocycles. The van der Waals surface area contributed by atoms with E-state index in [0.29, 0.717) is 0 Å². The smallest absolute Gasteiger partial charge is 0.407 e. The van der Waals surface area contributed by atoms with Crippen molar-refractivity contribution >= 4 is 29.8 Å². The lowest BCUT2D eigenvalue weighted by atomic mass is 9.98. The van der Waals surface area contributed by atoms with Crippen molar-refractivity contribution in [2.24, 2.45) is 11.8 Å². The zero-order chi connectivity index (χ0) is 32.4. The second-order valence-electron chi connectivity index (χ2n) is 11.7. The van der Waals surface area contributed by atoms with Crippen molar-refractivity contribution in [2.45, 2.75) is 64.6 Å². The van der Waals surface area contributed by atoms with E-state index in [-0.39, 0.29) is 37.2 Å². The number of carboxylic acid groups (broad SMARTS) is 1. The SMILES string of the molecule is CC(C)C[C@H](NC(=O)CNC(=O)OCC1c2ccccc2-c2ccccc21)C(=O)N[C@@H](CC(C)C)C(=O)N[C@@H](CO)C(=O)O. The average molecular weight is 611 g/mol. The molecule has 0 fully saturated rings. The minimum Gasteiger partial charge on any atom is -0.480 e. The number of amides is 4. The summed E-state index contributed by atoms with van der Waals surface area (Å²) in [5, 5.41) is 28.3. The zero-order valence-electron chi connectivity index (χ0n) is 25.5. The zero-order valence-corrected chi connectivity index (χ0v) is 25.5. The molecule has 0 saturated heterocycles. The largest absolute Gasteiger partial charge is 0.480 e. The summed E-state index contributed by atoms with van der Waals surface area (Å²) in [7, 11) is 0. The van der Waals surface area contributed by atoms with Gasteiger partial charge in [-0.2, -0.15) is 0 Å². The quantitative estimate of drug-likeness (QED) is 0.177. The van der Waals surface area contributed by atoms with Gasteiger partial charge in [0.1, 0.15) is 31.3 Å². The van der Waals surface area contributed by atoms with E-state index in [4.69, 9.17) is 9.84 Å². The van der Waals surface area contributed by atoms with Crippen LogP contribution in [0.5, 0.6) is 0 Å². The van der Waals surface area contributed by atoms with Crippen molar-refractivity contribution in [1.29, 1.82) is 0 Å². The minimum atomic E-state index is -1.52. The second-order valence-corrected chi connectivity index (χ2v) is 11.7. The van der Waals surface area contributed by atoms with E-state index < -0.39 is 61.1 Å². The molecule has 0 spiro atoms. The summed E-state index contributed by atoms with van der Waals surface area (Å²) >= 11 is 0. The minimum absolute atomic E-state index is 0.00991. The number of nitrogens with one attached hydrogen (secondary N) is 4. The van der Waals surface area contributed by atoms with Crippen LogP contribution in [0, 0.1) is 11.8 Å². The number of carbonyl (C=O) groups is 5. The van der Waals surface area contributed by atoms with Gasteiger partial charge in [-0.05, 0) is 46.9 Å². The summed E-state index contributed by atoms with van der Waals surface area (Å²) in [5.41, 5.74) is 4.30. The monoisotopic (exact) mass is 610 g/mol. The summed E-state index contributed by atoms with van der Waals surface area (Å²) < 4.78 is 5.47. The topological polar surface area (TPSA) is 183 Å². The maximum Gasteiger partial charge on any atom is 0.407 e. The van der Waals surface area contributed by atoms with E-state index in [9.17, 15) is 29.1 Å². The molecule has 2 aromatic carbocycles. The predicted molar refractivity (Wildman–Crippen MR) is 162 cm³/mol. The molecule has 238 valence electrons. The van der Waals surface area contributed by atoms with Gasteiger partial charge in [-0.15, -0.1) is 0 Å². The Labute approximate surface area is 256 Å². The summed E-state index contributed by atoms with van der Waals surface area (Å²) in [4.78, 5) is 62.5. The molecule has 0 aliphatic heterocycles. The number of ether oxygens (including phenoxy) is 1. The highest BCUT2D eigenvalue weighted by Gasteiger charge is 2.31. The van der Waals surface area contributed by atoms with Crippen molar-refractivity contribution in [3.63, 3.8) is 0 Å². The number of aliphatic hydroxyl groups excluding tert-OH is 1. The summed E-state index contributed by atoms with van der Waals surface area (Å²) in [6.07, 6.45) is -0.342. The van der Waals surface area contributed by atoms with Crippen molar-refractivity contribution < 1.29 is 38.9 Å². The Morgan fingerprint density at radius 3 is 1.70 bits per heavy atom. The number of carbonyl (C=O) groups excluding carboxylic acids is 4. The molecule has 0 heterocycles. The highest BCUT2D eigenvalue weighted by molar-refractivity contribution is 5.94. The fourth-order valence-corrected chi connectivity index (χ4v) is 5.18. The number of hydrogen-bond acceptors (Lipinski definition) is 7. The van der Waals surface area contributed by atoms with Gasteiger partial charge in [0.15, 0.2) is 0 Å². The molecule has 1 aliphatic rings. The number of aliphatic carboxylic acids is 1. The van der Waals surface area contributed by atoms with Crippen LogP contribution in [0.2, 0.25) is 0 Å². The third kappa shape index (κ3) is 9.27. The fourth-order valence-electron chi connectivity index (χ4n) is 5.18. The molecule has 3 rings (SSSR count). The van der Waals surface area contributed by atoms with Gasteiger partial charge in [-0.25, -0.2) is 9.59 Å². The third-order valence-corrected chi connectivity index (χ3v) is 7.23. The molecule has 0 radical (unpaired) electrons. The first-order valence-corrected chi connectivity index (χ1v) is 14.7. The molecule has 4 amide bonds. The number of rotatable bonds is 15. The van der Waals surface area contributed by atoms with Gasteiger partial charge < -0.3 is 36.2 Å². The molecule has 0 unspecified atom stereocenters. The molecule has 3 atom stereocenters. The Bertz CT molecular complexity index is 1300. The van der Waals surface area contributed by atoms with Gasteiger partial charge in [0.05, 0.1) is 6.61 Å². The number of hydrogen-bond donors (Lipinski definition) is 6. The average Bonchev–Trinajstić information content (AvgIpc) is 3.29. The van der Waals surface area contributed by atoms with Crippen LogP contribution in [0.3, 0.4) is 0 Å². The lowest BCUT2D eigenvalue weighted by Gasteiger charge is -2.26. The highest BCUT2D eigenvalue weighted by atomic mass is 16.5. The van der Waals surface area contributed by atoms with Gasteiger partial charge >= 0.3 is 12.1 Å². The Morgan fingerprint density at radius 1 is 0.750 bits per heavy atom. The highest BCUT2D eigenvalue weighted by Crippen LogP contribution is 2.44. The normalized spacial score (nSPS) is 14.2. The van der Waals surface area contributed by atoms with Crippen LogP contribution in [-0.2, 0) is 23.9 Å². The summed E-state index contributed by atoms with van der Waals surface area (Å²) in [6, 6.07) is 12.2. The molecular formula is C32H42N4O8.